The number of carbonyl (C=O) groups is 11. The number of primary amides is 1. The number of phenols is 2. The van der Waals surface area contributed by atoms with Crippen molar-refractivity contribution < 1.29 is 96.1 Å². The summed E-state index contributed by atoms with van der Waals surface area (Å²) in [7, 11) is 4.19. The number of fused-ring (bicyclic) bond motifs is 3. The van der Waals surface area contributed by atoms with Crippen LogP contribution in [0.25, 0.3) is 0 Å². The predicted molar refractivity (Wildman–Crippen MR) is 319 cm³/mol. The summed E-state index contributed by atoms with van der Waals surface area (Å²) in [4.78, 5) is 146. The molecule has 3 aromatic rings. The summed E-state index contributed by atoms with van der Waals surface area (Å²) in [5.41, 5.74) is 5.06. The molecule has 3 saturated heterocycles. The number of aromatic hydroxyl groups is 2. The molecule has 492 valence electrons. The van der Waals surface area contributed by atoms with Crippen LogP contribution in [0.2, 0.25) is 0 Å². The Kier molecular flexibility index (Phi) is 23.8. The summed E-state index contributed by atoms with van der Waals surface area (Å²) in [5.74, 6) is -6.20. The van der Waals surface area contributed by atoms with E-state index in [9.17, 15) is 63.0 Å². The fraction of sp³-hybridized carbons (Fsp3) is 0.532. The van der Waals surface area contributed by atoms with E-state index >= 15 is 0 Å². The van der Waals surface area contributed by atoms with Gasteiger partial charge in [-0.05, 0) is 75.6 Å². The molecular formula is C62H79N9O20. The number of hydrogen-bond acceptors (Lipinski definition) is 21. The molecule has 3 aliphatic heterocycles. The zero-order chi connectivity index (χ0) is 65.5. The molecule has 0 bridgehead atoms. The van der Waals surface area contributed by atoms with Crippen molar-refractivity contribution in [2.45, 2.75) is 127 Å². The molecule has 3 aromatic carbocycles. The van der Waals surface area contributed by atoms with E-state index < -0.39 is 120 Å². The molecule has 0 aromatic heterocycles. The van der Waals surface area contributed by atoms with E-state index in [1.807, 2.05) is 6.92 Å². The Morgan fingerprint density at radius 1 is 0.824 bits per heavy atom. The van der Waals surface area contributed by atoms with E-state index in [0.29, 0.717) is 69.7 Å². The Labute approximate surface area is 524 Å². The van der Waals surface area contributed by atoms with E-state index in [4.69, 9.17) is 38.9 Å². The second-order valence-electron chi connectivity index (χ2n) is 22.9. The Hall–Kier alpha value is -8.77. The molecule has 2 aliphatic carbocycles. The normalized spacial score (nSPS) is 20.5. The van der Waals surface area contributed by atoms with Crippen LogP contribution in [0.1, 0.15) is 132 Å². The number of benzene rings is 3. The number of phenolic OH excluding ortho intramolecular Hbond substituents is 2. The number of hydrogen-bond donors (Lipinski definition) is 8. The molecule has 0 saturated carbocycles. The van der Waals surface area contributed by atoms with Crippen molar-refractivity contribution in [3.05, 3.63) is 81.4 Å². The second-order valence-corrected chi connectivity index (χ2v) is 22.9. The lowest BCUT2D eigenvalue weighted by atomic mass is 9.73. The van der Waals surface area contributed by atoms with Crippen molar-refractivity contribution in [1.29, 1.82) is 0 Å². The minimum Gasteiger partial charge on any atom is -0.507 e. The number of ketones is 3. The standard InChI is InChI=1S/C62H79N9O20/c1-34-42(90-47-33-86-27-23-64-47)18-21-50(89-34)91-44-29-36(28-39-52(44)58(80)54-53(56(39)78)55(77)38-10-8-12-43(85-4)51(38)57(54)79)41(72)32-88-62(84)70(3)26-25-69(2)61(83)87-31-35-14-16-37(17-15-35)67-59(81)40(11-9-22-65-60(63)82)68-46(74)30-66-45(73)13-6-5-7-24-71-48(75)19-20-49(71)76/h8,10,12,14-17,34,36,40,42,44,47,50,64,78,80H,5-7,9,11,13,18-33H2,1-4H3,(H,66,73)(H,67,81)(H,68,74)(H3,63,65,82)/t34-,36+,40-,42-,44-,47+,50-/m0/s1. The predicted octanol–water partition coefficient (Wildman–Crippen LogP) is 2.96. The smallest absolute Gasteiger partial charge is 0.409 e. The third-order valence-electron chi connectivity index (χ3n) is 16.4. The van der Waals surface area contributed by atoms with Gasteiger partial charge in [-0.1, -0.05) is 30.7 Å². The molecule has 3 heterocycles. The van der Waals surface area contributed by atoms with Gasteiger partial charge in [-0.2, -0.15) is 0 Å². The molecule has 9 amide bonds. The number of likely N-dealkylation sites (tertiary alicyclic amines) is 1. The lowest BCUT2D eigenvalue weighted by Crippen LogP contribution is -2.49. The fourth-order valence-electron chi connectivity index (χ4n) is 11.4. The summed E-state index contributed by atoms with van der Waals surface area (Å²) in [6, 6.07) is 8.89. The number of nitrogens with one attached hydrogen (secondary N) is 5. The number of anilines is 1. The molecule has 5 aliphatic rings. The number of Topliss-reactive ketones (excluding diaryl/α,β-unsaturated/α-hetero) is 1. The van der Waals surface area contributed by atoms with Gasteiger partial charge in [0.25, 0.3) is 0 Å². The van der Waals surface area contributed by atoms with Crippen LogP contribution < -0.4 is 37.1 Å². The van der Waals surface area contributed by atoms with Crippen molar-refractivity contribution >= 4 is 70.8 Å². The largest absolute Gasteiger partial charge is 0.507 e. The lowest BCUT2D eigenvalue weighted by molar-refractivity contribution is -0.255. The quantitative estimate of drug-likeness (QED) is 0.0230. The molecule has 0 unspecified atom stereocenters. The molecule has 7 atom stereocenters. The van der Waals surface area contributed by atoms with Crippen LogP contribution in [0, 0.1) is 5.92 Å². The van der Waals surface area contributed by atoms with Crippen molar-refractivity contribution in [2.24, 2.45) is 11.7 Å². The molecule has 9 N–H and O–H groups in total. The van der Waals surface area contributed by atoms with Gasteiger partial charge in [0.05, 0.1) is 61.9 Å². The number of methoxy groups -OCH3 is 1. The van der Waals surface area contributed by atoms with Crippen molar-refractivity contribution in [3.63, 3.8) is 0 Å². The van der Waals surface area contributed by atoms with Gasteiger partial charge >= 0.3 is 18.2 Å². The van der Waals surface area contributed by atoms with E-state index in [1.165, 1.54) is 49.2 Å². The van der Waals surface area contributed by atoms with Crippen LogP contribution >= 0.6 is 0 Å². The highest BCUT2D eigenvalue weighted by Gasteiger charge is 2.45. The number of urea groups is 1. The van der Waals surface area contributed by atoms with Gasteiger partial charge in [0.2, 0.25) is 35.3 Å². The number of morpholine rings is 1. The maximum absolute atomic E-state index is 14.2. The Balaban J connectivity index is 0.801. The van der Waals surface area contributed by atoms with Gasteiger partial charge in [0.1, 0.15) is 36.1 Å². The van der Waals surface area contributed by atoms with Crippen LogP contribution in [0.5, 0.6) is 17.2 Å². The summed E-state index contributed by atoms with van der Waals surface area (Å²) < 4.78 is 40.9. The SMILES string of the molecule is COc1cccc2c1C(=O)c1c(O)c3c(c(O)c1C2=O)C[C@@H](C(=O)COC(=O)N(C)CCN(C)C(=O)OCc1ccc(NC(=O)[C@H](CCCNC(N)=O)NC(=O)CNC(=O)CCCCCN2C(=O)CCC2=O)cc1)C[C@@H]3O[C@H]1CC[C@H](O[C@@H]2COCCN2)[C@H](C)O1. The number of amides is 9. The highest BCUT2D eigenvalue weighted by atomic mass is 16.7. The maximum Gasteiger partial charge on any atom is 0.409 e. The first-order valence-corrected chi connectivity index (χ1v) is 30.4. The Morgan fingerprint density at radius 2 is 1.54 bits per heavy atom. The number of nitrogens with zero attached hydrogens (tertiary/aromatic N) is 3. The third kappa shape index (κ3) is 17.6. The Morgan fingerprint density at radius 3 is 2.22 bits per heavy atom. The minimum atomic E-state index is -1.17. The first kappa shape index (κ1) is 68.1. The number of carbonyl (C=O) groups excluding carboxylic acids is 11. The van der Waals surface area contributed by atoms with Crippen LogP contribution in [0.3, 0.4) is 0 Å². The summed E-state index contributed by atoms with van der Waals surface area (Å²) in [6.07, 6.45) is -1.85. The van der Waals surface area contributed by atoms with E-state index in [-0.39, 0.29) is 123 Å². The van der Waals surface area contributed by atoms with Gasteiger partial charge in [-0.15, -0.1) is 0 Å². The highest BCUT2D eigenvalue weighted by molar-refractivity contribution is 6.31. The molecular weight excluding hydrogens is 1190 g/mol. The monoisotopic (exact) mass is 1270 g/mol. The van der Waals surface area contributed by atoms with Crippen molar-refractivity contribution in [1.82, 2.24) is 36.0 Å². The zero-order valence-corrected chi connectivity index (χ0v) is 51.3. The summed E-state index contributed by atoms with van der Waals surface area (Å²) in [5, 5.41) is 37.6. The number of rotatable bonds is 28. The summed E-state index contributed by atoms with van der Waals surface area (Å²) >= 11 is 0. The van der Waals surface area contributed by atoms with E-state index in [0.717, 1.165) is 4.90 Å². The van der Waals surface area contributed by atoms with Crippen molar-refractivity contribution in [2.75, 3.05) is 85.6 Å². The topological polar surface area (TPSA) is 389 Å². The average molecular weight is 1270 g/mol. The number of imide groups is 1. The van der Waals surface area contributed by atoms with Crippen LogP contribution in [-0.2, 0) is 70.2 Å². The Bertz CT molecular complexity index is 3210. The van der Waals surface area contributed by atoms with Gasteiger partial charge in [0, 0.05) is 101 Å². The molecule has 91 heavy (non-hydrogen) atoms. The van der Waals surface area contributed by atoms with Crippen LogP contribution in [-0.4, -0.2) is 201 Å². The highest BCUT2D eigenvalue weighted by Crippen LogP contribution is 2.52. The van der Waals surface area contributed by atoms with Crippen LogP contribution in [0.15, 0.2) is 42.5 Å². The van der Waals surface area contributed by atoms with Gasteiger partial charge in [-0.25, -0.2) is 14.4 Å². The second kappa shape index (κ2) is 31.8. The summed E-state index contributed by atoms with van der Waals surface area (Å²) in [6.45, 7) is 2.42. The molecule has 0 radical (unpaired) electrons. The lowest BCUT2D eigenvalue weighted by Gasteiger charge is -2.40. The molecule has 29 nitrogen and oxygen atoms in total. The number of likely N-dealkylation sites (N-methyl/N-ethyl adjacent to an activating group) is 2. The third-order valence-corrected chi connectivity index (χ3v) is 16.4. The molecule has 3 fully saturated rings. The zero-order valence-electron chi connectivity index (χ0n) is 51.3. The molecule has 0 spiro atoms. The maximum atomic E-state index is 14.2. The minimum absolute atomic E-state index is 0.00204. The first-order valence-electron chi connectivity index (χ1n) is 30.4. The van der Waals surface area contributed by atoms with E-state index in [2.05, 4.69) is 26.6 Å². The van der Waals surface area contributed by atoms with Crippen LogP contribution in [0.4, 0.5) is 20.1 Å². The fourth-order valence-corrected chi connectivity index (χ4v) is 11.4. The molecule has 29 heteroatoms. The van der Waals surface area contributed by atoms with Gasteiger partial charge < -0.3 is 80.2 Å². The average Bonchev–Trinajstić information content (AvgIpc) is 0.995. The van der Waals surface area contributed by atoms with Gasteiger partial charge in [0.15, 0.2) is 24.5 Å². The first-order chi connectivity index (χ1) is 43.6. The van der Waals surface area contributed by atoms with Crippen molar-refractivity contribution in [3.8, 4) is 17.2 Å². The number of nitrogens with two attached hydrogens (primary N) is 1. The number of unbranched alkanes of at least 4 members (excludes halogenated alkanes) is 2. The number of ether oxygens (including phenoxy) is 7. The molecule has 8 rings (SSSR count). The van der Waals surface area contributed by atoms with E-state index in [1.54, 1.807) is 24.3 Å². The van der Waals surface area contributed by atoms with Gasteiger partial charge in [-0.3, -0.25) is 48.6 Å².